The van der Waals surface area contributed by atoms with Gasteiger partial charge in [-0.15, -0.1) is 0 Å². The van der Waals surface area contributed by atoms with Crippen LogP contribution >= 0.6 is 22.6 Å². The molecule has 0 aliphatic heterocycles. The zero-order chi connectivity index (χ0) is 19.9. The summed E-state index contributed by atoms with van der Waals surface area (Å²) in [4.78, 5) is 26.3. The van der Waals surface area contributed by atoms with Gasteiger partial charge in [0, 0.05) is 33.2 Å². The number of hydrogen-bond donors (Lipinski definition) is 2. The van der Waals surface area contributed by atoms with Crippen LogP contribution in [-0.4, -0.2) is 25.4 Å². The maximum Gasteiger partial charge on any atom is 0.258 e. The van der Waals surface area contributed by atoms with Crippen molar-refractivity contribution in [3.8, 4) is 0 Å². The largest absolute Gasteiger partial charge is 0.376 e. The van der Waals surface area contributed by atoms with Crippen molar-refractivity contribution in [1.29, 1.82) is 0 Å². The van der Waals surface area contributed by atoms with Gasteiger partial charge < -0.3 is 15.5 Å². The summed E-state index contributed by atoms with van der Waals surface area (Å²) in [5, 5.41) is 5.90. The van der Waals surface area contributed by atoms with Crippen LogP contribution in [0.2, 0.25) is 0 Å². The first kappa shape index (κ1) is 19.9. The fraction of sp³-hybridized carbons (Fsp3) is 0.0909. The lowest BCUT2D eigenvalue weighted by atomic mass is 10.1. The molecule has 0 heterocycles. The highest BCUT2D eigenvalue weighted by molar-refractivity contribution is 14.1. The topological polar surface area (TPSA) is 61.4 Å². The number of halogens is 1. The van der Waals surface area contributed by atoms with Crippen LogP contribution in [0.5, 0.6) is 0 Å². The van der Waals surface area contributed by atoms with E-state index in [4.69, 9.17) is 0 Å². The molecule has 0 bridgehead atoms. The summed E-state index contributed by atoms with van der Waals surface area (Å²) >= 11 is 2.23. The van der Waals surface area contributed by atoms with Crippen molar-refractivity contribution in [3.05, 3.63) is 88.0 Å². The molecule has 0 aromatic heterocycles. The summed E-state index contributed by atoms with van der Waals surface area (Å²) in [5.74, 6) is -0.261. The lowest BCUT2D eigenvalue weighted by Crippen LogP contribution is -2.26. The number of anilines is 3. The normalized spacial score (nSPS) is 10.2. The first-order chi connectivity index (χ1) is 13.5. The minimum atomic E-state index is -0.154. The zero-order valence-corrected chi connectivity index (χ0v) is 17.5. The molecule has 0 saturated carbocycles. The average molecular weight is 485 g/mol. The highest BCUT2D eigenvalue weighted by Crippen LogP contribution is 2.17. The van der Waals surface area contributed by atoms with Crippen molar-refractivity contribution in [3.63, 3.8) is 0 Å². The van der Waals surface area contributed by atoms with Crippen LogP contribution in [0.1, 0.15) is 10.4 Å². The predicted octanol–water partition coefficient (Wildman–Crippen LogP) is 4.62. The molecule has 0 spiro atoms. The number of carbonyl (C=O) groups is 2. The number of carbonyl (C=O) groups excluding carboxylic acids is 2. The highest BCUT2D eigenvalue weighted by atomic mass is 127. The van der Waals surface area contributed by atoms with E-state index in [2.05, 4.69) is 33.2 Å². The van der Waals surface area contributed by atoms with Crippen molar-refractivity contribution in [1.82, 2.24) is 0 Å². The van der Waals surface area contributed by atoms with E-state index in [1.807, 2.05) is 54.6 Å². The molecular formula is C22H20IN3O2. The predicted molar refractivity (Wildman–Crippen MR) is 122 cm³/mol. The third-order valence-corrected chi connectivity index (χ3v) is 4.88. The molecule has 3 aromatic carbocycles. The lowest BCUT2D eigenvalue weighted by Gasteiger charge is -2.17. The van der Waals surface area contributed by atoms with Crippen LogP contribution in [0, 0.1) is 3.57 Å². The molecule has 142 valence electrons. The maximum atomic E-state index is 12.6. The number of amides is 2. The standard InChI is InChI=1S/C22H20IN3O2/c1-26(20-5-3-2-4-6-20)22(28)16-7-11-19(12-8-16)25-21(27)15-24-18-13-9-17(23)10-14-18/h2-14,24H,15H2,1H3,(H,25,27). The number of nitrogens with zero attached hydrogens (tertiary/aromatic N) is 1. The van der Waals surface area contributed by atoms with Crippen LogP contribution in [0.15, 0.2) is 78.9 Å². The van der Waals surface area contributed by atoms with Crippen LogP contribution in [-0.2, 0) is 4.79 Å². The Labute approximate surface area is 177 Å². The SMILES string of the molecule is CN(C(=O)c1ccc(NC(=O)CNc2ccc(I)cc2)cc1)c1ccccc1. The Kier molecular flexibility index (Phi) is 6.65. The molecular weight excluding hydrogens is 465 g/mol. The zero-order valence-electron chi connectivity index (χ0n) is 15.4. The number of benzene rings is 3. The van der Waals surface area contributed by atoms with Gasteiger partial charge in [0.1, 0.15) is 0 Å². The van der Waals surface area contributed by atoms with Crippen molar-refractivity contribution in [2.45, 2.75) is 0 Å². The monoisotopic (exact) mass is 485 g/mol. The minimum Gasteiger partial charge on any atom is -0.376 e. The van der Waals surface area contributed by atoms with E-state index < -0.39 is 0 Å². The fourth-order valence-electron chi connectivity index (χ4n) is 2.61. The Morgan fingerprint density at radius 3 is 2.11 bits per heavy atom. The molecule has 0 unspecified atom stereocenters. The van der Waals surface area contributed by atoms with E-state index >= 15 is 0 Å². The summed E-state index contributed by atoms with van der Waals surface area (Å²) in [5.41, 5.74) is 2.92. The molecule has 28 heavy (non-hydrogen) atoms. The van der Waals surface area contributed by atoms with Crippen molar-refractivity contribution in [2.24, 2.45) is 0 Å². The average Bonchev–Trinajstić information content (AvgIpc) is 2.73. The second-order valence-electron chi connectivity index (χ2n) is 6.19. The van der Waals surface area contributed by atoms with Crippen LogP contribution in [0.25, 0.3) is 0 Å². The van der Waals surface area contributed by atoms with Crippen molar-refractivity contribution in [2.75, 3.05) is 29.1 Å². The first-order valence-electron chi connectivity index (χ1n) is 8.75. The Balaban J connectivity index is 1.55. The molecule has 3 aromatic rings. The third kappa shape index (κ3) is 5.32. The summed E-state index contributed by atoms with van der Waals surface area (Å²) in [6.45, 7) is 0.165. The second kappa shape index (κ2) is 9.36. The molecule has 0 atom stereocenters. The number of para-hydroxylation sites is 1. The van der Waals surface area contributed by atoms with E-state index in [-0.39, 0.29) is 18.4 Å². The van der Waals surface area contributed by atoms with E-state index in [0.29, 0.717) is 11.3 Å². The smallest absolute Gasteiger partial charge is 0.258 e. The van der Waals surface area contributed by atoms with E-state index in [1.54, 1.807) is 36.2 Å². The van der Waals surface area contributed by atoms with E-state index in [9.17, 15) is 9.59 Å². The quantitative estimate of drug-likeness (QED) is 0.501. The molecule has 0 saturated heterocycles. The summed E-state index contributed by atoms with van der Waals surface area (Å²) in [6.07, 6.45) is 0. The molecule has 0 radical (unpaired) electrons. The van der Waals surface area contributed by atoms with Gasteiger partial charge in [0.25, 0.3) is 5.91 Å². The van der Waals surface area contributed by atoms with Gasteiger partial charge in [0.15, 0.2) is 0 Å². The van der Waals surface area contributed by atoms with Gasteiger partial charge in [-0.25, -0.2) is 0 Å². The molecule has 5 nitrogen and oxygen atoms in total. The summed E-state index contributed by atoms with van der Waals surface area (Å²) in [6, 6.07) is 24.2. The molecule has 2 amide bonds. The molecule has 3 rings (SSSR count). The summed E-state index contributed by atoms with van der Waals surface area (Å²) in [7, 11) is 1.74. The van der Waals surface area contributed by atoms with Crippen molar-refractivity contribution < 1.29 is 9.59 Å². The van der Waals surface area contributed by atoms with Gasteiger partial charge in [0.05, 0.1) is 6.54 Å². The Hall–Kier alpha value is -2.87. The van der Waals surface area contributed by atoms with Crippen LogP contribution in [0.3, 0.4) is 0 Å². The second-order valence-corrected chi connectivity index (χ2v) is 7.43. The number of rotatable bonds is 6. The van der Waals surface area contributed by atoms with Crippen LogP contribution < -0.4 is 15.5 Å². The number of hydrogen-bond acceptors (Lipinski definition) is 3. The summed E-state index contributed by atoms with van der Waals surface area (Å²) < 4.78 is 1.14. The van der Waals surface area contributed by atoms with Gasteiger partial charge in [-0.05, 0) is 83.3 Å². The Morgan fingerprint density at radius 1 is 0.857 bits per heavy atom. The minimum absolute atomic E-state index is 0.107. The molecule has 2 N–H and O–H groups in total. The van der Waals surface area contributed by atoms with Crippen molar-refractivity contribution >= 4 is 51.5 Å². The number of nitrogens with one attached hydrogen (secondary N) is 2. The molecule has 0 fully saturated rings. The lowest BCUT2D eigenvalue weighted by molar-refractivity contribution is -0.114. The van der Waals surface area contributed by atoms with E-state index in [0.717, 1.165) is 14.9 Å². The van der Waals surface area contributed by atoms with Gasteiger partial charge in [-0.3, -0.25) is 9.59 Å². The third-order valence-electron chi connectivity index (χ3n) is 4.16. The molecule has 6 heteroatoms. The van der Waals surface area contributed by atoms with Crippen LogP contribution in [0.4, 0.5) is 17.1 Å². The van der Waals surface area contributed by atoms with Gasteiger partial charge in [0.2, 0.25) is 5.91 Å². The Morgan fingerprint density at radius 2 is 1.46 bits per heavy atom. The van der Waals surface area contributed by atoms with E-state index in [1.165, 1.54) is 0 Å². The first-order valence-corrected chi connectivity index (χ1v) is 9.83. The highest BCUT2D eigenvalue weighted by Gasteiger charge is 2.13. The Bertz CT molecular complexity index is 942. The molecule has 0 aliphatic carbocycles. The molecule has 0 aliphatic rings. The van der Waals surface area contributed by atoms with Gasteiger partial charge in [-0.2, -0.15) is 0 Å². The van der Waals surface area contributed by atoms with Gasteiger partial charge >= 0.3 is 0 Å². The fourth-order valence-corrected chi connectivity index (χ4v) is 2.97. The maximum absolute atomic E-state index is 12.6. The van der Waals surface area contributed by atoms with Gasteiger partial charge in [-0.1, -0.05) is 18.2 Å².